The standard InChI is InChI=1S/C14H21IO/c1-11(2)6-4-3-5-7-12-8-9-14(16)13(15)10-12/h8-11,16H,3-7H2,1-2H3. The van der Waals surface area contributed by atoms with Gasteiger partial charge in [0.25, 0.3) is 0 Å². The molecule has 0 aliphatic heterocycles. The molecule has 1 N–H and O–H groups in total. The third kappa shape index (κ3) is 5.19. The van der Waals surface area contributed by atoms with E-state index in [-0.39, 0.29) is 0 Å². The molecular formula is C14H21IO. The van der Waals surface area contributed by atoms with Crippen molar-refractivity contribution in [2.24, 2.45) is 5.92 Å². The Bertz CT molecular complexity index is 321. The number of benzene rings is 1. The van der Waals surface area contributed by atoms with Crippen LogP contribution in [0.25, 0.3) is 0 Å². The van der Waals surface area contributed by atoms with Gasteiger partial charge in [0.05, 0.1) is 3.57 Å². The van der Waals surface area contributed by atoms with Gasteiger partial charge in [0.2, 0.25) is 0 Å². The van der Waals surface area contributed by atoms with Crippen LogP contribution in [0.4, 0.5) is 0 Å². The van der Waals surface area contributed by atoms with Gasteiger partial charge in [-0.3, -0.25) is 0 Å². The van der Waals surface area contributed by atoms with Crippen LogP contribution in [0.1, 0.15) is 45.1 Å². The molecule has 0 amide bonds. The van der Waals surface area contributed by atoms with Gasteiger partial charge < -0.3 is 5.11 Å². The minimum absolute atomic E-state index is 0.393. The summed E-state index contributed by atoms with van der Waals surface area (Å²) in [6, 6.07) is 5.91. The fraction of sp³-hybridized carbons (Fsp3) is 0.571. The number of rotatable bonds is 6. The van der Waals surface area contributed by atoms with E-state index in [0.29, 0.717) is 5.75 Å². The predicted octanol–water partition coefficient (Wildman–Crippen LogP) is 4.76. The molecule has 0 radical (unpaired) electrons. The van der Waals surface area contributed by atoms with E-state index in [1.54, 1.807) is 6.07 Å². The van der Waals surface area contributed by atoms with Crippen LogP contribution in [0.2, 0.25) is 0 Å². The summed E-state index contributed by atoms with van der Waals surface area (Å²) in [4.78, 5) is 0. The lowest BCUT2D eigenvalue weighted by Crippen LogP contribution is -1.90. The van der Waals surface area contributed by atoms with E-state index in [4.69, 9.17) is 0 Å². The highest BCUT2D eigenvalue weighted by Gasteiger charge is 2.00. The zero-order chi connectivity index (χ0) is 12.0. The van der Waals surface area contributed by atoms with Gasteiger partial charge in [-0.25, -0.2) is 0 Å². The predicted molar refractivity (Wildman–Crippen MR) is 77.8 cm³/mol. The van der Waals surface area contributed by atoms with Gasteiger partial charge in [-0.15, -0.1) is 0 Å². The summed E-state index contributed by atoms with van der Waals surface area (Å²) in [6.45, 7) is 4.56. The summed E-state index contributed by atoms with van der Waals surface area (Å²) >= 11 is 2.18. The highest BCUT2D eigenvalue weighted by Crippen LogP contribution is 2.21. The minimum atomic E-state index is 0.393. The topological polar surface area (TPSA) is 20.2 Å². The quantitative estimate of drug-likeness (QED) is 0.588. The van der Waals surface area contributed by atoms with Crippen molar-refractivity contribution < 1.29 is 5.11 Å². The number of phenols is 1. The molecule has 0 unspecified atom stereocenters. The highest BCUT2D eigenvalue weighted by molar-refractivity contribution is 14.1. The van der Waals surface area contributed by atoms with Gasteiger partial charge >= 0.3 is 0 Å². The van der Waals surface area contributed by atoms with Crippen molar-refractivity contribution in [1.29, 1.82) is 0 Å². The number of aromatic hydroxyl groups is 1. The zero-order valence-corrected chi connectivity index (χ0v) is 12.3. The Kier molecular flexibility index (Phi) is 6.17. The summed E-state index contributed by atoms with van der Waals surface area (Å²) in [7, 11) is 0. The van der Waals surface area contributed by atoms with Crippen LogP contribution in [0.5, 0.6) is 5.75 Å². The van der Waals surface area contributed by atoms with Crippen LogP contribution >= 0.6 is 22.6 Å². The van der Waals surface area contributed by atoms with E-state index >= 15 is 0 Å². The van der Waals surface area contributed by atoms with Crippen LogP contribution in [0.3, 0.4) is 0 Å². The van der Waals surface area contributed by atoms with Crippen molar-refractivity contribution in [1.82, 2.24) is 0 Å². The Balaban J connectivity index is 2.24. The second kappa shape index (κ2) is 7.15. The first-order valence-corrected chi connectivity index (χ1v) is 7.15. The van der Waals surface area contributed by atoms with Gasteiger partial charge in [0, 0.05) is 0 Å². The van der Waals surface area contributed by atoms with Crippen LogP contribution < -0.4 is 0 Å². The number of aryl methyl sites for hydroxylation is 1. The average molecular weight is 332 g/mol. The van der Waals surface area contributed by atoms with Crippen LogP contribution in [0.15, 0.2) is 18.2 Å². The summed E-state index contributed by atoms with van der Waals surface area (Å²) in [6.07, 6.45) is 6.39. The van der Waals surface area contributed by atoms with Gasteiger partial charge in [0.15, 0.2) is 0 Å². The molecule has 0 aliphatic rings. The molecule has 0 aromatic heterocycles. The maximum absolute atomic E-state index is 9.41. The van der Waals surface area contributed by atoms with Crippen LogP contribution in [-0.2, 0) is 6.42 Å². The summed E-state index contributed by atoms with van der Waals surface area (Å²) in [5, 5.41) is 9.41. The van der Waals surface area contributed by atoms with Crippen molar-refractivity contribution in [3.63, 3.8) is 0 Å². The van der Waals surface area contributed by atoms with Gasteiger partial charge in [-0.05, 0) is 59.0 Å². The number of hydrogen-bond acceptors (Lipinski definition) is 1. The van der Waals surface area contributed by atoms with Crippen molar-refractivity contribution in [3.8, 4) is 5.75 Å². The van der Waals surface area contributed by atoms with E-state index in [0.717, 1.165) is 15.9 Å². The van der Waals surface area contributed by atoms with Crippen LogP contribution in [0, 0.1) is 9.49 Å². The first-order chi connectivity index (χ1) is 7.59. The van der Waals surface area contributed by atoms with Crippen molar-refractivity contribution >= 4 is 22.6 Å². The maximum atomic E-state index is 9.41. The SMILES string of the molecule is CC(C)CCCCCc1ccc(O)c(I)c1. The first-order valence-electron chi connectivity index (χ1n) is 6.07. The second-order valence-corrected chi connectivity index (χ2v) is 5.94. The van der Waals surface area contributed by atoms with Gasteiger partial charge in [-0.1, -0.05) is 39.2 Å². The molecule has 1 nitrogen and oxygen atoms in total. The van der Waals surface area contributed by atoms with E-state index in [1.807, 2.05) is 6.07 Å². The molecule has 1 aromatic rings. The molecular weight excluding hydrogens is 311 g/mol. The van der Waals surface area contributed by atoms with Crippen LogP contribution in [-0.4, -0.2) is 5.11 Å². The molecule has 0 heterocycles. The molecule has 16 heavy (non-hydrogen) atoms. The lowest BCUT2D eigenvalue weighted by atomic mass is 10.0. The molecule has 0 bridgehead atoms. The van der Waals surface area contributed by atoms with E-state index < -0.39 is 0 Å². The van der Waals surface area contributed by atoms with Gasteiger partial charge in [0.1, 0.15) is 5.75 Å². The highest BCUT2D eigenvalue weighted by atomic mass is 127. The van der Waals surface area contributed by atoms with E-state index in [1.165, 1.54) is 31.2 Å². The third-order valence-corrected chi connectivity index (χ3v) is 3.62. The van der Waals surface area contributed by atoms with Gasteiger partial charge in [-0.2, -0.15) is 0 Å². The maximum Gasteiger partial charge on any atom is 0.128 e. The molecule has 0 saturated carbocycles. The van der Waals surface area contributed by atoms with Crippen molar-refractivity contribution in [2.45, 2.75) is 46.0 Å². The number of halogens is 1. The Labute approximate surface area is 112 Å². The van der Waals surface area contributed by atoms with E-state index in [9.17, 15) is 5.11 Å². The lowest BCUT2D eigenvalue weighted by Gasteiger charge is -2.05. The molecule has 90 valence electrons. The smallest absolute Gasteiger partial charge is 0.128 e. The third-order valence-electron chi connectivity index (χ3n) is 2.76. The molecule has 1 rings (SSSR count). The molecule has 0 saturated heterocycles. The monoisotopic (exact) mass is 332 g/mol. The molecule has 2 heteroatoms. The number of unbranched alkanes of at least 4 members (excludes halogenated alkanes) is 2. The Morgan fingerprint density at radius 1 is 1.19 bits per heavy atom. The summed E-state index contributed by atoms with van der Waals surface area (Å²) in [5.41, 5.74) is 1.34. The van der Waals surface area contributed by atoms with E-state index in [2.05, 4.69) is 42.5 Å². The molecule has 0 fully saturated rings. The normalized spacial score (nSPS) is 11.0. The average Bonchev–Trinajstić information content (AvgIpc) is 2.22. The number of hydrogen-bond donors (Lipinski definition) is 1. The Hall–Kier alpha value is -0.250. The largest absolute Gasteiger partial charge is 0.507 e. The Morgan fingerprint density at radius 2 is 1.94 bits per heavy atom. The second-order valence-electron chi connectivity index (χ2n) is 4.78. The zero-order valence-electron chi connectivity index (χ0n) is 10.2. The summed E-state index contributed by atoms with van der Waals surface area (Å²) in [5.74, 6) is 1.22. The first kappa shape index (κ1) is 13.8. The number of phenolic OH excluding ortho intramolecular Hbond substituents is 1. The minimum Gasteiger partial charge on any atom is -0.507 e. The lowest BCUT2D eigenvalue weighted by molar-refractivity contribution is 0.471. The fourth-order valence-electron chi connectivity index (χ4n) is 1.76. The molecule has 0 aliphatic carbocycles. The Morgan fingerprint density at radius 3 is 2.56 bits per heavy atom. The molecule has 0 atom stereocenters. The fourth-order valence-corrected chi connectivity index (χ4v) is 2.34. The molecule has 0 spiro atoms. The molecule has 1 aromatic carbocycles. The summed E-state index contributed by atoms with van der Waals surface area (Å²) < 4.78 is 0.956. The van der Waals surface area contributed by atoms with Crippen molar-refractivity contribution in [3.05, 3.63) is 27.3 Å². The van der Waals surface area contributed by atoms with Crippen molar-refractivity contribution in [2.75, 3.05) is 0 Å².